The van der Waals surface area contributed by atoms with Crippen LogP contribution in [0, 0.1) is 18.6 Å². The van der Waals surface area contributed by atoms with Gasteiger partial charge in [0, 0.05) is 11.3 Å². The zero-order valence-electron chi connectivity index (χ0n) is 12.7. The highest BCUT2D eigenvalue weighted by Crippen LogP contribution is 2.16. The van der Waals surface area contributed by atoms with Crippen LogP contribution >= 0.6 is 12.2 Å². The molecule has 0 bridgehead atoms. The molecule has 5 nitrogen and oxygen atoms in total. The average Bonchev–Trinajstić information content (AvgIpc) is 2.50. The summed E-state index contributed by atoms with van der Waals surface area (Å²) in [7, 11) is 0. The molecule has 0 fully saturated rings. The van der Waals surface area contributed by atoms with Crippen LogP contribution in [0.15, 0.2) is 41.2 Å². The first kappa shape index (κ1) is 15.2. The molecule has 0 atom stereocenters. The van der Waals surface area contributed by atoms with E-state index in [4.69, 9.17) is 12.2 Å². The molecule has 1 amide bonds. The lowest BCUT2D eigenvalue weighted by atomic mass is 10.1. The van der Waals surface area contributed by atoms with Crippen molar-refractivity contribution in [3.63, 3.8) is 0 Å². The molecular formula is C17H15N3O2S. The van der Waals surface area contributed by atoms with Gasteiger partial charge in [0.05, 0.1) is 10.9 Å². The maximum atomic E-state index is 12.4. The minimum absolute atomic E-state index is 0.231. The molecule has 0 saturated heterocycles. The molecule has 1 aromatic heterocycles. The van der Waals surface area contributed by atoms with Crippen molar-refractivity contribution in [2.75, 3.05) is 5.32 Å². The lowest BCUT2D eigenvalue weighted by Gasteiger charge is -2.08. The monoisotopic (exact) mass is 325 g/mol. The van der Waals surface area contributed by atoms with Gasteiger partial charge < -0.3 is 10.3 Å². The van der Waals surface area contributed by atoms with Crippen LogP contribution in [0.4, 0.5) is 5.69 Å². The number of hydrogen-bond acceptors (Lipinski definition) is 3. The second-order valence-corrected chi connectivity index (χ2v) is 5.83. The minimum atomic E-state index is -0.273. The highest BCUT2D eigenvalue weighted by atomic mass is 32.1. The fraction of sp³-hybridized carbons (Fsp3) is 0.118. The van der Waals surface area contributed by atoms with E-state index in [1.807, 2.05) is 32.0 Å². The average molecular weight is 325 g/mol. The molecule has 0 aliphatic rings. The van der Waals surface area contributed by atoms with Gasteiger partial charge >= 0.3 is 0 Å². The Labute approximate surface area is 137 Å². The van der Waals surface area contributed by atoms with Gasteiger partial charge in [-0.1, -0.05) is 6.07 Å². The van der Waals surface area contributed by atoms with E-state index >= 15 is 0 Å². The van der Waals surface area contributed by atoms with Gasteiger partial charge in [-0.15, -0.1) is 0 Å². The first-order valence-electron chi connectivity index (χ1n) is 7.09. The molecule has 2 aromatic carbocycles. The molecule has 23 heavy (non-hydrogen) atoms. The van der Waals surface area contributed by atoms with E-state index in [0.29, 0.717) is 16.5 Å². The normalized spacial score (nSPS) is 10.7. The van der Waals surface area contributed by atoms with E-state index in [1.54, 1.807) is 18.2 Å². The Balaban J connectivity index is 1.96. The summed E-state index contributed by atoms with van der Waals surface area (Å²) < 4.78 is 0.231. The highest BCUT2D eigenvalue weighted by molar-refractivity contribution is 7.71. The van der Waals surface area contributed by atoms with Crippen LogP contribution < -0.4 is 10.9 Å². The van der Waals surface area contributed by atoms with Crippen LogP contribution in [0.25, 0.3) is 10.9 Å². The Morgan fingerprint density at radius 1 is 1.04 bits per heavy atom. The third-order valence-electron chi connectivity index (χ3n) is 3.77. The number of hydrogen-bond donors (Lipinski definition) is 3. The van der Waals surface area contributed by atoms with Crippen molar-refractivity contribution < 1.29 is 4.79 Å². The topological polar surface area (TPSA) is 77.8 Å². The van der Waals surface area contributed by atoms with Crippen molar-refractivity contribution in [1.82, 2.24) is 9.97 Å². The van der Waals surface area contributed by atoms with Gasteiger partial charge in [0.15, 0.2) is 4.77 Å². The second kappa shape index (κ2) is 5.81. The van der Waals surface area contributed by atoms with Gasteiger partial charge in [-0.05, 0) is 67.5 Å². The first-order chi connectivity index (χ1) is 10.9. The molecular weight excluding hydrogens is 310 g/mol. The molecule has 3 aromatic rings. The fourth-order valence-corrected chi connectivity index (χ4v) is 2.54. The zero-order chi connectivity index (χ0) is 16.6. The van der Waals surface area contributed by atoms with Crippen molar-refractivity contribution in [3.8, 4) is 0 Å². The SMILES string of the molecule is Cc1ccc(NC(=O)c2ccc3c(=O)[nH]c(=S)[nH]c3c2)cc1C. The Kier molecular flexibility index (Phi) is 3.83. The number of aromatic amines is 2. The predicted molar refractivity (Wildman–Crippen MR) is 93.6 cm³/mol. The number of anilines is 1. The quantitative estimate of drug-likeness (QED) is 0.632. The molecule has 0 unspecified atom stereocenters. The first-order valence-corrected chi connectivity index (χ1v) is 7.50. The number of carbonyl (C=O) groups is 1. The van der Waals surface area contributed by atoms with E-state index < -0.39 is 0 Å². The summed E-state index contributed by atoms with van der Waals surface area (Å²) in [5.74, 6) is -0.241. The summed E-state index contributed by atoms with van der Waals surface area (Å²) in [6, 6.07) is 10.6. The van der Waals surface area contributed by atoms with Crippen LogP contribution in [-0.4, -0.2) is 15.9 Å². The molecule has 0 saturated carbocycles. The molecule has 3 rings (SSSR count). The molecule has 0 aliphatic heterocycles. The summed E-state index contributed by atoms with van der Waals surface area (Å²) in [6.07, 6.45) is 0. The Morgan fingerprint density at radius 3 is 2.57 bits per heavy atom. The predicted octanol–water partition coefficient (Wildman–Crippen LogP) is 3.45. The Bertz CT molecular complexity index is 1030. The second-order valence-electron chi connectivity index (χ2n) is 5.42. The number of rotatable bonds is 2. The zero-order valence-corrected chi connectivity index (χ0v) is 13.5. The third kappa shape index (κ3) is 3.07. The summed E-state index contributed by atoms with van der Waals surface area (Å²) in [4.78, 5) is 29.6. The van der Waals surface area contributed by atoms with Crippen molar-refractivity contribution in [3.05, 3.63) is 68.2 Å². The van der Waals surface area contributed by atoms with Gasteiger partial charge in [-0.2, -0.15) is 0 Å². The highest BCUT2D eigenvalue weighted by Gasteiger charge is 2.09. The Morgan fingerprint density at radius 2 is 1.83 bits per heavy atom. The van der Waals surface area contributed by atoms with Gasteiger partial charge in [-0.25, -0.2) is 0 Å². The smallest absolute Gasteiger partial charge is 0.259 e. The largest absolute Gasteiger partial charge is 0.332 e. The number of benzene rings is 2. The van der Waals surface area contributed by atoms with Crippen molar-refractivity contribution in [1.29, 1.82) is 0 Å². The number of aryl methyl sites for hydroxylation is 2. The minimum Gasteiger partial charge on any atom is -0.332 e. The van der Waals surface area contributed by atoms with E-state index in [9.17, 15) is 9.59 Å². The van der Waals surface area contributed by atoms with Crippen molar-refractivity contribution >= 4 is 34.7 Å². The standard InChI is InChI=1S/C17H15N3O2S/c1-9-3-5-12(7-10(9)2)18-15(21)11-4-6-13-14(8-11)19-17(23)20-16(13)22/h3-8H,1-2H3,(H,18,21)(H2,19,20,22,23). The molecule has 3 N–H and O–H groups in total. The lowest BCUT2D eigenvalue weighted by molar-refractivity contribution is 0.102. The molecule has 0 radical (unpaired) electrons. The number of aromatic nitrogens is 2. The van der Waals surface area contributed by atoms with Gasteiger partial charge in [0.1, 0.15) is 0 Å². The molecule has 116 valence electrons. The van der Waals surface area contributed by atoms with Crippen LogP contribution in [0.5, 0.6) is 0 Å². The molecule has 1 heterocycles. The van der Waals surface area contributed by atoms with E-state index in [2.05, 4.69) is 15.3 Å². The number of amides is 1. The maximum absolute atomic E-state index is 12.4. The van der Waals surface area contributed by atoms with E-state index in [1.165, 1.54) is 5.56 Å². The molecule has 6 heteroatoms. The number of nitrogens with one attached hydrogen (secondary N) is 3. The van der Waals surface area contributed by atoms with Crippen LogP contribution in [0.3, 0.4) is 0 Å². The summed E-state index contributed by atoms with van der Waals surface area (Å²) >= 11 is 4.96. The summed E-state index contributed by atoms with van der Waals surface area (Å²) in [6.45, 7) is 4.01. The van der Waals surface area contributed by atoms with Crippen molar-refractivity contribution in [2.24, 2.45) is 0 Å². The van der Waals surface area contributed by atoms with Crippen molar-refractivity contribution in [2.45, 2.75) is 13.8 Å². The van der Waals surface area contributed by atoms with Crippen LogP contribution in [0.1, 0.15) is 21.5 Å². The van der Waals surface area contributed by atoms with E-state index in [0.717, 1.165) is 11.3 Å². The van der Waals surface area contributed by atoms with E-state index in [-0.39, 0.29) is 16.2 Å². The molecule has 0 aliphatic carbocycles. The number of fused-ring (bicyclic) bond motifs is 1. The van der Waals surface area contributed by atoms with Gasteiger partial charge in [-0.3, -0.25) is 14.6 Å². The fourth-order valence-electron chi connectivity index (χ4n) is 2.33. The summed E-state index contributed by atoms with van der Waals surface area (Å²) in [5, 5.41) is 3.31. The third-order valence-corrected chi connectivity index (χ3v) is 3.97. The maximum Gasteiger partial charge on any atom is 0.259 e. The van der Waals surface area contributed by atoms with Crippen LogP contribution in [0.2, 0.25) is 0 Å². The number of carbonyl (C=O) groups excluding carboxylic acids is 1. The molecule has 0 spiro atoms. The lowest BCUT2D eigenvalue weighted by Crippen LogP contribution is -2.13. The Hall–Kier alpha value is -2.73. The van der Waals surface area contributed by atoms with Gasteiger partial charge in [0.25, 0.3) is 11.5 Å². The number of H-pyrrole nitrogens is 2. The van der Waals surface area contributed by atoms with Gasteiger partial charge in [0.2, 0.25) is 0 Å². The summed E-state index contributed by atoms with van der Waals surface area (Å²) in [5.41, 5.74) is 3.72. The van der Waals surface area contributed by atoms with Crippen LogP contribution in [-0.2, 0) is 0 Å².